The van der Waals surface area contributed by atoms with E-state index in [-0.39, 0.29) is 5.95 Å². The molecule has 0 radical (unpaired) electrons. The summed E-state index contributed by atoms with van der Waals surface area (Å²) in [6, 6.07) is 0. The highest BCUT2D eigenvalue weighted by atomic mass is 19.2. The molecule has 0 spiro atoms. The summed E-state index contributed by atoms with van der Waals surface area (Å²) in [5, 5.41) is 0. The molecule has 0 atom stereocenters. The Kier molecular flexibility index (Phi) is 1.27. The molecule has 2 heterocycles. The van der Waals surface area contributed by atoms with Crippen molar-refractivity contribution in [3.63, 3.8) is 0 Å². The van der Waals surface area contributed by atoms with Crippen LogP contribution in [0.5, 0.6) is 0 Å². The van der Waals surface area contributed by atoms with Gasteiger partial charge >= 0.3 is 0 Å². The Balaban J connectivity index is 2.90. The number of anilines is 1. The second-order valence-corrected chi connectivity index (χ2v) is 2.59. The molecule has 0 saturated carbocycles. The number of aromatic nitrogens is 3. The van der Waals surface area contributed by atoms with Crippen LogP contribution in [-0.2, 0) is 0 Å². The van der Waals surface area contributed by atoms with Crippen LogP contribution in [0.4, 0.5) is 10.4 Å². The van der Waals surface area contributed by atoms with Crippen LogP contribution < -0.4 is 5.73 Å². The Morgan fingerprint density at radius 2 is 2.33 bits per heavy atom. The first-order chi connectivity index (χ1) is 5.68. The lowest BCUT2D eigenvalue weighted by atomic mass is 10.3. The van der Waals surface area contributed by atoms with Crippen molar-refractivity contribution in [3.05, 3.63) is 18.0 Å². The Bertz CT molecular complexity index is 434. The van der Waals surface area contributed by atoms with Crippen LogP contribution in [0, 0.1) is 6.92 Å². The minimum absolute atomic E-state index is 0.164. The summed E-state index contributed by atoms with van der Waals surface area (Å²) in [6.45, 7) is 1.77. The molecular weight excluding hydrogens is 159 g/mol. The van der Waals surface area contributed by atoms with Crippen molar-refractivity contribution in [2.75, 3.05) is 5.73 Å². The van der Waals surface area contributed by atoms with Gasteiger partial charge in [0.25, 0.3) is 0 Å². The molecule has 2 N–H and O–H groups in total. The van der Waals surface area contributed by atoms with Gasteiger partial charge in [-0.3, -0.25) is 0 Å². The molecule has 0 fully saturated rings. The second kappa shape index (κ2) is 2.17. The number of fused-ring (bicyclic) bond motifs is 1. The van der Waals surface area contributed by atoms with Crippen molar-refractivity contribution >= 4 is 17.0 Å². The van der Waals surface area contributed by atoms with E-state index in [0.29, 0.717) is 15.8 Å². The first-order valence-corrected chi connectivity index (χ1v) is 3.45. The minimum Gasteiger partial charge on any atom is -0.368 e. The van der Waals surface area contributed by atoms with Crippen molar-refractivity contribution in [2.24, 2.45) is 0 Å². The number of rotatable bonds is 0. The van der Waals surface area contributed by atoms with E-state index in [1.165, 1.54) is 12.4 Å². The van der Waals surface area contributed by atoms with Crippen molar-refractivity contribution in [1.29, 1.82) is 0 Å². The summed E-state index contributed by atoms with van der Waals surface area (Å²) in [7, 11) is 0. The maximum absolute atomic E-state index is 12.9. The number of hydrogen-bond donors (Lipinski definition) is 1. The van der Waals surface area contributed by atoms with Gasteiger partial charge in [0.2, 0.25) is 5.95 Å². The van der Waals surface area contributed by atoms with Gasteiger partial charge in [0.15, 0.2) is 0 Å². The van der Waals surface area contributed by atoms with Crippen molar-refractivity contribution < 1.29 is 4.48 Å². The van der Waals surface area contributed by atoms with Crippen LogP contribution in [0.25, 0.3) is 11.0 Å². The maximum atomic E-state index is 12.9. The highest BCUT2D eigenvalue weighted by Crippen LogP contribution is 2.17. The summed E-state index contributed by atoms with van der Waals surface area (Å²) in [6.07, 6.45) is 2.71. The van der Waals surface area contributed by atoms with E-state index in [1.54, 1.807) is 6.92 Å². The van der Waals surface area contributed by atoms with Crippen LogP contribution in [-0.4, -0.2) is 14.8 Å². The van der Waals surface area contributed by atoms with Crippen molar-refractivity contribution in [2.45, 2.75) is 6.92 Å². The monoisotopic (exact) mass is 166 g/mol. The largest absolute Gasteiger partial charge is 0.368 e. The Morgan fingerprint density at radius 3 is 3.08 bits per heavy atom. The number of nitrogens with two attached hydrogens (primary N) is 1. The summed E-state index contributed by atoms with van der Waals surface area (Å²) in [4.78, 5) is 8.08. The standard InChI is InChI=1S/C7H7FN4/c1-4-3-12(8)5-2-10-7(9)11-6(4)5/h2-3H,1H3,(H2,9,10,11). The topological polar surface area (TPSA) is 56.7 Å². The molecule has 2 rings (SSSR count). The second-order valence-electron chi connectivity index (χ2n) is 2.59. The van der Waals surface area contributed by atoms with Gasteiger partial charge in [-0.2, -0.15) is 4.79 Å². The predicted molar refractivity (Wildman–Crippen MR) is 43.2 cm³/mol. The molecule has 12 heavy (non-hydrogen) atoms. The van der Waals surface area contributed by atoms with Gasteiger partial charge in [0.1, 0.15) is 5.52 Å². The van der Waals surface area contributed by atoms with E-state index >= 15 is 0 Å². The van der Waals surface area contributed by atoms with Gasteiger partial charge in [-0.25, -0.2) is 9.97 Å². The van der Waals surface area contributed by atoms with Gasteiger partial charge in [0, 0.05) is 6.20 Å². The van der Waals surface area contributed by atoms with E-state index in [1.807, 2.05) is 0 Å². The zero-order valence-corrected chi connectivity index (χ0v) is 6.45. The van der Waals surface area contributed by atoms with Gasteiger partial charge < -0.3 is 5.73 Å². The number of nitrogens with zero attached hydrogens (tertiary/aromatic N) is 3. The first-order valence-electron chi connectivity index (χ1n) is 3.45. The number of nitrogen functional groups attached to an aromatic ring is 1. The van der Waals surface area contributed by atoms with E-state index in [4.69, 9.17) is 5.73 Å². The third kappa shape index (κ3) is 0.827. The van der Waals surface area contributed by atoms with E-state index in [2.05, 4.69) is 9.97 Å². The average molecular weight is 166 g/mol. The molecule has 0 bridgehead atoms. The fourth-order valence-corrected chi connectivity index (χ4v) is 1.14. The molecule has 4 nitrogen and oxygen atoms in total. The summed E-state index contributed by atoms with van der Waals surface area (Å²) in [5.74, 6) is 0.164. The lowest BCUT2D eigenvalue weighted by Gasteiger charge is -1.92. The Morgan fingerprint density at radius 1 is 1.58 bits per heavy atom. The fraction of sp³-hybridized carbons (Fsp3) is 0.143. The highest BCUT2D eigenvalue weighted by molar-refractivity contribution is 5.79. The van der Waals surface area contributed by atoms with Crippen molar-refractivity contribution in [1.82, 2.24) is 14.8 Å². The van der Waals surface area contributed by atoms with Crippen LogP contribution in [0.2, 0.25) is 0 Å². The molecule has 2 aromatic heterocycles. The molecule has 0 aliphatic heterocycles. The average Bonchev–Trinajstić information content (AvgIpc) is 2.28. The Hall–Kier alpha value is -1.65. The van der Waals surface area contributed by atoms with Gasteiger partial charge in [0.05, 0.1) is 11.7 Å². The molecule has 0 saturated heterocycles. The zero-order chi connectivity index (χ0) is 8.72. The quantitative estimate of drug-likeness (QED) is 0.636. The Labute approximate surface area is 67.8 Å². The molecule has 62 valence electrons. The SMILES string of the molecule is Cc1cn(F)c2cnc(N)nc12. The molecule has 2 aromatic rings. The first kappa shape index (κ1) is 7.02. The lowest BCUT2D eigenvalue weighted by molar-refractivity contribution is 0.387. The predicted octanol–water partition coefficient (Wildman–Crippen LogP) is 1.05. The molecular formula is C7H7FN4. The highest BCUT2D eigenvalue weighted by Gasteiger charge is 2.06. The normalized spacial score (nSPS) is 10.8. The number of hydrogen-bond acceptors (Lipinski definition) is 3. The number of halogens is 1. The lowest BCUT2D eigenvalue weighted by Crippen LogP contribution is -1.94. The van der Waals surface area contributed by atoms with Crippen molar-refractivity contribution in [3.8, 4) is 0 Å². The smallest absolute Gasteiger partial charge is 0.220 e. The van der Waals surface area contributed by atoms with Gasteiger partial charge in [-0.1, -0.05) is 4.48 Å². The van der Waals surface area contributed by atoms with Gasteiger partial charge in [-0.15, -0.1) is 0 Å². The molecule has 0 unspecified atom stereocenters. The van der Waals surface area contributed by atoms with E-state index in [9.17, 15) is 4.48 Å². The zero-order valence-electron chi connectivity index (χ0n) is 6.45. The molecule has 0 aliphatic rings. The third-order valence-electron chi connectivity index (χ3n) is 1.70. The number of aryl methyl sites for hydroxylation is 1. The molecule has 0 aliphatic carbocycles. The maximum Gasteiger partial charge on any atom is 0.220 e. The minimum atomic E-state index is 0.164. The third-order valence-corrected chi connectivity index (χ3v) is 1.70. The van der Waals surface area contributed by atoms with E-state index < -0.39 is 0 Å². The summed E-state index contributed by atoms with van der Waals surface area (Å²) < 4.78 is 12.9. The molecule has 5 heteroatoms. The summed E-state index contributed by atoms with van der Waals surface area (Å²) in [5.41, 5.74) is 7.01. The fourth-order valence-electron chi connectivity index (χ4n) is 1.14. The molecule has 0 aromatic carbocycles. The van der Waals surface area contributed by atoms with Crippen LogP contribution in [0.1, 0.15) is 5.56 Å². The van der Waals surface area contributed by atoms with Crippen LogP contribution >= 0.6 is 0 Å². The van der Waals surface area contributed by atoms with Gasteiger partial charge in [-0.05, 0) is 12.5 Å². The van der Waals surface area contributed by atoms with Crippen LogP contribution in [0.15, 0.2) is 12.4 Å². The molecule has 0 amide bonds. The van der Waals surface area contributed by atoms with E-state index in [0.717, 1.165) is 5.56 Å². The summed E-state index contributed by atoms with van der Waals surface area (Å²) >= 11 is 0. The van der Waals surface area contributed by atoms with Crippen LogP contribution in [0.3, 0.4) is 0 Å².